The highest BCUT2D eigenvalue weighted by atomic mass is 16.5. The summed E-state index contributed by atoms with van der Waals surface area (Å²) in [6, 6.07) is 5.10. The van der Waals surface area contributed by atoms with Gasteiger partial charge in [0.1, 0.15) is 11.8 Å². The number of rotatable bonds is 3. The summed E-state index contributed by atoms with van der Waals surface area (Å²) in [4.78, 5) is 32.3. The van der Waals surface area contributed by atoms with Gasteiger partial charge in [-0.3, -0.25) is 14.9 Å². The van der Waals surface area contributed by atoms with Gasteiger partial charge in [-0.1, -0.05) is 12.1 Å². The van der Waals surface area contributed by atoms with Crippen molar-refractivity contribution in [2.75, 3.05) is 0 Å². The topological polar surface area (TPSA) is 84.5 Å². The van der Waals surface area contributed by atoms with Crippen molar-refractivity contribution in [1.82, 2.24) is 10.6 Å². The maximum absolute atomic E-state index is 11.3. The number of hydrogen-bond acceptors (Lipinski definition) is 4. The summed E-state index contributed by atoms with van der Waals surface area (Å²) in [6.45, 7) is 0.319. The smallest absolute Gasteiger partial charge is 0.322 e. The van der Waals surface area contributed by atoms with Crippen LogP contribution in [0.5, 0.6) is 5.75 Å². The predicted octanol–water partition coefficient (Wildman–Crippen LogP) is 0.102. The van der Waals surface area contributed by atoms with Crippen LogP contribution in [-0.4, -0.2) is 18.4 Å². The second kappa shape index (κ2) is 4.01. The fourth-order valence-electron chi connectivity index (χ4n) is 1.45. The van der Waals surface area contributed by atoms with Gasteiger partial charge in [-0.15, -0.1) is 0 Å². The van der Waals surface area contributed by atoms with Crippen LogP contribution in [0.25, 0.3) is 0 Å². The highest BCUT2D eigenvalue weighted by Crippen LogP contribution is 2.19. The van der Waals surface area contributed by atoms with Crippen LogP contribution < -0.4 is 15.4 Å². The van der Waals surface area contributed by atoms with Crippen molar-refractivity contribution in [3.63, 3.8) is 0 Å². The number of amides is 3. The molecule has 0 bridgehead atoms. The van der Waals surface area contributed by atoms with E-state index < -0.39 is 18.0 Å². The van der Waals surface area contributed by atoms with Crippen molar-refractivity contribution in [3.05, 3.63) is 29.8 Å². The lowest BCUT2D eigenvalue weighted by Gasteiger charge is -2.07. The third kappa shape index (κ3) is 1.85. The molecule has 6 heteroatoms. The van der Waals surface area contributed by atoms with Crippen LogP contribution in [0.1, 0.15) is 11.6 Å². The lowest BCUT2D eigenvalue weighted by molar-refractivity contribution is -0.121. The van der Waals surface area contributed by atoms with Crippen LogP contribution in [0, 0.1) is 0 Å². The van der Waals surface area contributed by atoms with Gasteiger partial charge in [-0.2, -0.15) is 0 Å². The first kappa shape index (κ1) is 10.2. The second-order valence-corrected chi connectivity index (χ2v) is 3.18. The molecule has 82 valence electrons. The number of hydrogen-bond donors (Lipinski definition) is 2. The molecule has 3 amide bonds. The summed E-state index contributed by atoms with van der Waals surface area (Å²) in [5, 5.41) is 4.59. The van der Waals surface area contributed by atoms with Gasteiger partial charge < -0.3 is 10.1 Å². The Bertz CT molecular complexity index is 441. The van der Waals surface area contributed by atoms with Crippen LogP contribution in [0.15, 0.2) is 24.3 Å². The third-order valence-corrected chi connectivity index (χ3v) is 2.17. The molecule has 2 rings (SSSR count). The van der Waals surface area contributed by atoms with Gasteiger partial charge in [-0.25, -0.2) is 4.79 Å². The number of carbonyl (C=O) groups excluding carboxylic acids is 3. The predicted molar refractivity (Wildman–Crippen MR) is 52.5 cm³/mol. The molecule has 1 aliphatic rings. The molecule has 2 N–H and O–H groups in total. The second-order valence-electron chi connectivity index (χ2n) is 3.18. The van der Waals surface area contributed by atoms with E-state index in [1.165, 1.54) is 0 Å². The lowest BCUT2D eigenvalue weighted by Crippen LogP contribution is -2.22. The van der Waals surface area contributed by atoms with Crippen LogP contribution in [0.2, 0.25) is 0 Å². The minimum absolute atomic E-state index is 0.319. The molecule has 1 atom stereocenters. The Hall–Kier alpha value is -2.37. The lowest BCUT2D eigenvalue weighted by atomic mass is 10.1. The number of carbonyl (C=O) groups is 3. The Morgan fingerprint density at radius 1 is 1.19 bits per heavy atom. The van der Waals surface area contributed by atoms with E-state index in [0.717, 1.165) is 0 Å². The Kier molecular flexibility index (Phi) is 2.55. The summed E-state index contributed by atoms with van der Waals surface area (Å²) < 4.78 is 4.60. The summed E-state index contributed by atoms with van der Waals surface area (Å²) >= 11 is 0. The molecule has 6 nitrogen and oxygen atoms in total. The van der Waals surface area contributed by atoms with E-state index in [-0.39, 0.29) is 0 Å². The first-order chi connectivity index (χ1) is 7.70. The summed E-state index contributed by atoms with van der Waals surface area (Å²) in [6.07, 6.45) is 0. The standard InChI is InChI=1S/C10H8N2O4/c13-5-16-7-3-1-6(2-4-7)8-9(14)12-10(15)11-8/h1-5,8H,(H2,11,12,14,15). The van der Waals surface area contributed by atoms with E-state index in [9.17, 15) is 14.4 Å². The summed E-state index contributed by atoms with van der Waals surface area (Å²) in [7, 11) is 0. The van der Waals surface area contributed by atoms with Crippen molar-refractivity contribution in [1.29, 1.82) is 0 Å². The highest BCUT2D eigenvalue weighted by molar-refractivity contribution is 6.04. The molecular formula is C10H8N2O4. The fourth-order valence-corrected chi connectivity index (χ4v) is 1.45. The van der Waals surface area contributed by atoms with Gasteiger partial charge in [0.2, 0.25) is 0 Å². The van der Waals surface area contributed by atoms with Gasteiger partial charge >= 0.3 is 6.03 Å². The van der Waals surface area contributed by atoms with Crippen LogP contribution >= 0.6 is 0 Å². The zero-order chi connectivity index (χ0) is 11.5. The molecule has 0 spiro atoms. The molecule has 1 unspecified atom stereocenters. The summed E-state index contributed by atoms with van der Waals surface area (Å²) in [5.74, 6) is -0.0162. The average molecular weight is 220 g/mol. The first-order valence-electron chi connectivity index (χ1n) is 4.52. The first-order valence-corrected chi connectivity index (χ1v) is 4.52. The highest BCUT2D eigenvalue weighted by Gasteiger charge is 2.30. The van der Waals surface area contributed by atoms with Gasteiger partial charge in [0.05, 0.1) is 0 Å². The zero-order valence-electron chi connectivity index (χ0n) is 8.10. The zero-order valence-corrected chi connectivity index (χ0v) is 8.10. The average Bonchev–Trinajstić information content (AvgIpc) is 2.59. The van der Waals surface area contributed by atoms with Crippen molar-refractivity contribution in [2.24, 2.45) is 0 Å². The molecule has 0 aromatic heterocycles. The normalized spacial score (nSPS) is 18.9. The van der Waals surface area contributed by atoms with Crippen LogP contribution in [0.4, 0.5) is 4.79 Å². The molecule has 1 aromatic rings. The number of nitrogens with one attached hydrogen (secondary N) is 2. The van der Waals surface area contributed by atoms with Gasteiger partial charge in [0, 0.05) is 0 Å². The van der Waals surface area contributed by atoms with Crippen LogP contribution in [-0.2, 0) is 9.59 Å². The Labute approximate surface area is 90.6 Å². The molecule has 0 radical (unpaired) electrons. The Balaban J connectivity index is 2.18. The van der Waals surface area contributed by atoms with E-state index in [2.05, 4.69) is 15.4 Å². The SMILES string of the molecule is O=COc1ccc(C2NC(=O)NC2=O)cc1. The monoisotopic (exact) mass is 220 g/mol. The molecule has 1 saturated heterocycles. The fraction of sp³-hybridized carbons (Fsp3) is 0.100. The summed E-state index contributed by atoms with van der Waals surface area (Å²) in [5.41, 5.74) is 0.626. The van der Waals surface area contributed by atoms with Crippen molar-refractivity contribution in [3.8, 4) is 5.75 Å². The molecule has 16 heavy (non-hydrogen) atoms. The maximum atomic E-state index is 11.3. The Morgan fingerprint density at radius 3 is 2.38 bits per heavy atom. The third-order valence-electron chi connectivity index (χ3n) is 2.17. The van der Waals surface area contributed by atoms with Crippen LogP contribution in [0.3, 0.4) is 0 Å². The minimum atomic E-state index is -0.683. The molecule has 1 fully saturated rings. The quantitative estimate of drug-likeness (QED) is 0.559. The van der Waals surface area contributed by atoms with E-state index in [1.807, 2.05) is 0 Å². The molecule has 0 aliphatic carbocycles. The van der Waals surface area contributed by atoms with E-state index >= 15 is 0 Å². The minimum Gasteiger partial charge on any atom is -0.429 e. The van der Waals surface area contributed by atoms with Crippen molar-refractivity contribution >= 4 is 18.4 Å². The molecule has 1 aromatic carbocycles. The molecule has 0 saturated carbocycles. The van der Waals surface area contributed by atoms with E-state index in [1.54, 1.807) is 24.3 Å². The maximum Gasteiger partial charge on any atom is 0.322 e. The molecule has 1 aliphatic heterocycles. The van der Waals surface area contributed by atoms with E-state index in [0.29, 0.717) is 17.8 Å². The van der Waals surface area contributed by atoms with E-state index in [4.69, 9.17) is 0 Å². The van der Waals surface area contributed by atoms with Gasteiger partial charge in [0.25, 0.3) is 12.4 Å². The van der Waals surface area contributed by atoms with Crippen molar-refractivity contribution < 1.29 is 19.1 Å². The number of urea groups is 1. The van der Waals surface area contributed by atoms with Gasteiger partial charge in [-0.05, 0) is 17.7 Å². The van der Waals surface area contributed by atoms with Gasteiger partial charge in [0.15, 0.2) is 0 Å². The number of benzene rings is 1. The largest absolute Gasteiger partial charge is 0.429 e. The number of ether oxygens (including phenoxy) is 1. The Morgan fingerprint density at radius 2 is 1.88 bits per heavy atom. The molecule has 1 heterocycles. The van der Waals surface area contributed by atoms with Crippen molar-refractivity contribution in [2.45, 2.75) is 6.04 Å². The number of imide groups is 1. The molecular weight excluding hydrogens is 212 g/mol.